The second-order valence-corrected chi connectivity index (χ2v) is 6.19. The average molecular weight is 522 g/mol. The number of aliphatic imine (C=N–C) groups is 1. The highest BCUT2D eigenvalue weighted by Gasteiger charge is 2.11. The number of guanidine groups is 1. The number of nitrogens with zero attached hydrogens (tertiary/aromatic N) is 1. The Labute approximate surface area is 173 Å². The van der Waals surface area contributed by atoms with Gasteiger partial charge in [-0.1, -0.05) is 46.3 Å². The second kappa shape index (κ2) is 11.4. The maximum Gasteiger partial charge on any atom is 0.191 e. The van der Waals surface area contributed by atoms with Crippen LogP contribution < -0.4 is 10.6 Å². The van der Waals surface area contributed by atoms with Gasteiger partial charge >= 0.3 is 0 Å². The molecule has 25 heavy (non-hydrogen) atoms. The van der Waals surface area contributed by atoms with Crippen LogP contribution in [0.1, 0.15) is 17.0 Å². The van der Waals surface area contributed by atoms with E-state index in [9.17, 15) is 9.50 Å². The Balaban J connectivity index is 0.00000312. The summed E-state index contributed by atoms with van der Waals surface area (Å²) in [4.78, 5) is 4.16. The van der Waals surface area contributed by atoms with Gasteiger partial charge in [0.15, 0.2) is 5.96 Å². The predicted octanol–water partition coefficient (Wildman–Crippen LogP) is 3.65. The van der Waals surface area contributed by atoms with Gasteiger partial charge < -0.3 is 15.7 Å². The van der Waals surface area contributed by atoms with E-state index in [1.807, 2.05) is 30.3 Å². The van der Waals surface area contributed by atoms with E-state index in [0.29, 0.717) is 19.0 Å². The van der Waals surface area contributed by atoms with Gasteiger partial charge in [0, 0.05) is 30.5 Å². The minimum absolute atomic E-state index is 0. The first kappa shape index (κ1) is 21.9. The van der Waals surface area contributed by atoms with Gasteiger partial charge in [-0.05, 0) is 29.3 Å². The number of hydrogen-bond acceptors (Lipinski definition) is 2. The largest absolute Gasteiger partial charge is 0.396 e. The summed E-state index contributed by atoms with van der Waals surface area (Å²) < 4.78 is 14.2. The van der Waals surface area contributed by atoms with Crippen molar-refractivity contribution in [2.24, 2.45) is 4.99 Å². The Bertz CT molecular complexity index is 685. The van der Waals surface area contributed by atoms with Crippen LogP contribution in [0, 0.1) is 5.82 Å². The first-order valence-corrected chi connectivity index (χ1v) is 8.47. The van der Waals surface area contributed by atoms with Crippen molar-refractivity contribution in [2.75, 3.05) is 20.2 Å². The predicted molar refractivity (Wildman–Crippen MR) is 114 cm³/mol. The van der Waals surface area contributed by atoms with Crippen molar-refractivity contribution in [2.45, 2.75) is 12.5 Å². The molecule has 2 aromatic rings. The van der Waals surface area contributed by atoms with Crippen molar-refractivity contribution in [1.82, 2.24) is 10.6 Å². The molecule has 136 valence electrons. The molecule has 0 saturated heterocycles. The molecule has 1 atom stereocenters. The smallest absolute Gasteiger partial charge is 0.191 e. The van der Waals surface area contributed by atoms with Gasteiger partial charge in [0.25, 0.3) is 0 Å². The molecule has 2 rings (SSSR count). The highest BCUT2D eigenvalue weighted by atomic mass is 127. The number of aliphatic hydroxyl groups is 1. The lowest BCUT2D eigenvalue weighted by atomic mass is 10.0. The zero-order chi connectivity index (χ0) is 17.4. The molecule has 7 heteroatoms. The van der Waals surface area contributed by atoms with E-state index in [1.165, 1.54) is 12.1 Å². The van der Waals surface area contributed by atoms with E-state index in [0.717, 1.165) is 15.6 Å². The number of hydrogen-bond donors (Lipinski definition) is 3. The first-order chi connectivity index (χ1) is 11.6. The van der Waals surface area contributed by atoms with Gasteiger partial charge in [-0.2, -0.15) is 0 Å². The van der Waals surface area contributed by atoms with E-state index < -0.39 is 0 Å². The highest BCUT2D eigenvalue weighted by Crippen LogP contribution is 2.17. The number of rotatable bonds is 6. The quantitative estimate of drug-likeness (QED) is 0.309. The molecule has 0 aliphatic heterocycles. The van der Waals surface area contributed by atoms with Crippen molar-refractivity contribution in [1.29, 1.82) is 0 Å². The number of benzene rings is 2. The van der Waals surface area contributed by atoms with Gasteiger partial charge in [0.05, 0.1) is 6.61 Å². The topological polar surface area (TPSA) is 56.7 Å². The number of nitrogens with one attached hydrogen (secondary N) is 2. The van der Waals surface area contributed by atoms with E-state index in [1.54, 1.807) is 13.1 Å². The Morgan fingerprint density at radius 2 is 1.92 bits per heavy atom. The minimum atomic E-state index is -0.276. The Kier molecular flexibility index (Phi) is 9.99. The number of aliphatic hydroxyl groups excluding tert-OH is 1. The van der Waals surface area contributed by atoms with E-state index in [-0.39, 0.29) is 42.3 Å². The molecule has 3 N–H and O–H groups in total. The Hall–Kier alpha value is -1.19. The lowest BCUT2D eigenvalue weighted by Crippen LogP contribution is -2.39. The molecule has 0 radical (unpaired) electrons. The van der Waals surface area contributed by atoms with Crippen LogP contribution in [0.4, 0.5) is 4.39 Å². The number of halogens is 3. The molecule has 2 aromatic carbocycles. The van der Waals surface area contributed by atoms with Crippen LogP contribution in [0.2, 0.25) is 0 Å². The molecule has 4 nitrogen and oxygen atoms in total. The lowest BCUT2D eigenvalue weighted by Gasteiger charge is -2.18. The van der Waals surface area contributed by atoms with Crippen molar-refractivity contribution in [3.63, 3.8) is 0 Å². The molecule has 0 spiro atoms. The van der Waals surface area contributed by atoms with Crippen molar-refractivity contribution in [3.8, 4) is 0 Å². The summed E-state index contributed by atoms with van der Waals surface area (Å²) in [6, 6.07) is 14.4. The maximum absolute atomic E-state index is 13.3. The molecule has 0 amide bonds. The first-order valence-electron chi connectivity index (χ1n) is 7.68. The molecular formula is C18H22BrFIN3O. The Morgan fingerprint density at radius 1 is 1.20 bits per heavy atom. The van der Waals surface area contributed by atoms with Crippen LogP contribution >= 0.6 is 39.9 Å². The van der Waals surface area contributed by atoms with Gasteiger partial charge in [-0.3, -0.25) is 4.99 Å². The monoisotopic (exact) mass is 521 g/mol. The summed E-state index contributed by atoms with van der Waals surface area (Å²) in [7, 11) is 1.67. The summed E-state index contributed by atoms with van der Waals surface area (Å²) in [5.41, 5.74) is 1.87. The van der Waals surface area contributed by atoms with Gasteiger partial charge in [0.1, 0.15) is 5.82 Å². The molecule has 1 unspecified atom stereocenters. The minimum Gasteiger partial charge on any atom is -0.396 e. The SMILES string of the molecule is CN=C(NCc1cc(F)ccc1Br)NCC(CO)c1ccccc1.I. The van der Waals surface area contributed by atoms with Crippen LogP contribution in [0.25, 0.3) is 0 Å². The molecule has 0 heterocycles. The fraction of sp³-hybridized carbons (Fsp3) is 0.278. The molecule has 0 bridgehead atoms. The van der Waals surface area contributed by atoms with Crippen LogP contribution in [-0.2, 0) is 6.54 Å². The lowest BCUT2D eigenvalue weighted by molar-refractivity contribution is 0.265. The Morgan fingerprint density at radius 3 is 2.56 bits per heavy atom. The third-order valence-corrected chi connectivity index (χ3v) is 4.46. The van der Waals surface area contributed by atoms with Crippen LogP contribution in [0.3, 0.4) is 0 Å². The summed E-state index contributed by atoms with van der Waals surface area (Å²) >= 11 is 3.41. The molecule has 0 saturated carbocycles. The normalized spacial score (nSPS) is 12.2. The average Bonchev–Trinajstić information content (AvgIpc) is 2.61. The third-order valence-electron chi connectivity index (χ3n) is 3.68. The molecule has 0 aliphatic carbocycles. The molecular weight excluding hydrogens is 500 g/mol. The van der Waals surface area contributed by atoms with Crippen molar-refractivity contribution >= 4 is 45.9 Å². The zero-order valence-corrected chi connectivity index (χ0v) is 17.8. The second-order valence-electron chi connectivity index (χ2n) is 5.33. The van der Waals surface area contributed by atoms with Gasteiger partial charge in [0.2, 0.25) is 0 Å². The van der Waals surface area contributed by atoms with Crippen molar-refractivity contribution < 1.29 is 9.50 Å². The van der Waals surface area contributed by atoms with Gasteiger partial charge in [-0.25, -0.2) is 4.39 Å². The van der Waals surface area contributed by atoms with E-state index >= 15 is 0 Å². The van der Waals surface area contributed by atoms with Crippen molar-refractivity contribution in [3.05, 3.63) is 69.9 Å². The maximum atomic E-state index is 13.3. The van der Waals surface area contributed by atoms with Crippen LogP contribution in [0.15, 0.2) is 58.0 Å². The van der Waals surface area contributed by atoms with Crippen LogP contribution in [-0.4, -0.2) is 31.3 Å². The van der Waals surface area contributed by atoms with E-state index in [4.69, 9.17) is 0 Å². The highest BCUT2D eigenvalue weighted by molar-refractivity contribution is 14.0. The molecule has 0 aliphatic rings. The molecule has 0 fully saturated rings. The summed E-state index contributed by atoms with van der Waals surface area (Å²) in [5.74, 6) is 0.300. The fourth-order valence-electron chi connectivity index (χ4n) is 2.31. The standard InChI is InChI=1S/C18H21BrFN3O.HI/c1-21-18(22-10-14-9-16(20)7-8-17(14)19)23-11-15(12-24)13-5-3-2-4-6-13;/h2-9,15,24H,10-12H2,1H3,(H2,21,22,23);1H. The van der Waals surface area contributed by atoms with Gasteiger partial charge in [-0.15, -0.1) is 24.0 Å². The van der Waals surface area contributed by atoms with Crippen LogP contribution in [0.5, 0.6) is 0 Å². The fourth-order valence-corrected chi connectivity index (χ4v) is 2.70. The summed E-state index contributed by atoms with van der Waals surface area (Å²) in [6.45, 7) is 1.03. The summed E-state index contributed by atoms with van der Waals surface area (Å²) in [6.07, 6.45) is 0. The van der Waals surface area contributed by atoms with E-state index in [2.05, 4.69) is 31.6 Å². The molecule has 0 aromatic heterocycles. The summed E-state index contributed by atoms with van der Waals surface area (Å²) in [5, 5.41) is 15.9. The third kappa shape index (κ3) is 6.91. The zero-order valence-electron chi connectivity index (χ0n) is 13.9.